The average molecular weight is 497 g/mol. The highest BCUT2D eigenvalue weighted by Crippen LogP contribution is 2.39. The summed E-state index contributed by atoms with van der Waals surface area (Å²) in [5, 5.41) is 13.8. The van der Waals surface area contributed by atoms with Gasteiger partial charge in [-0.3, -0.25) is 9.59 Å². The second-order valence-electron chi connectivity index (χ2n) is 8.31. The Morgan fingerprint density at radius 1 is 1.16 bits per heavy atom. The van der Waals surface area contributed by atoms with Gasteiger partial charge in [-0.1, -0.05) is 39.9 Å². The summed E-state index contributed by atoms with van der Waals surface area (Å²) in [4.78, 5) is 33.4. The third kappa shape index (κ3) is 3.96. The maximum Gasteiger partial charge on any atom is 0.295 e. The number of pyridine rings is 1. The summed E-state index contributed by atoms with van der Waals surface area (Å²) in [7, 11) is 4.08. The largest absolute Gasteiger partial charge is 0.871 e. The Balaban J connectivity index is 1.87. The number of hydrogen-bond acceptors (Lipinski definition) is 4. The number of Topliss-reactive ketones (excluding diaryl/α,β-unsaturated/α-hetero) is 1. The first-order chi connectivity index (χ1) is 15.3. The zero-order valence-corrected chi connectivity index (χ0v) is 19.8. The molecule has 1 N–H and O–H groups in total. The lowest BCUT2D eigenvalue weighted by molar-refractivity contribution is -0.858. The molecule has 1 aliphatic rings. The van der Waals surface area contributed by atoms with Crippen LogP contribution in [0.25, 0.3) is 11.4 Å². The smallest absolute Gasteiger partial charge is 0.295 e. The molecule has 0 saturated carbocycles. The van der Waals surface area contributed by atoms with E-state index in [0.29, 0.717) is 23.6 Å². The number of fused-ring (bicyclic) bond motifs is 1. The van der Waals surface area contributed by atoms with Crippen LogP contribution in [0.2, 0.25) is 0 Å². The van der Waals surface area contributed by atoms with Crippen molar-refractivity contribution in [3.63, 3.8) is 0 Å². The number of nitrogens with one attached hydrogen (secondary N) is 1. The molecule has 0 aliphatic carbocycles. The second kappa shape index (κ2) is 8.88. The lowest BCUT2D eigenvalue weighted by Gasteiger charge is -2.27. The van der Waals surface area contributed by atoms with Crippen molar-refractivity contribution in [1.29, 1.82) is 0 Å². The van der Waals surface area contributed by atoms with Crippen molar-refractivity contribution in [1.82, 2.24) is 14.3 Å². The van der Waals surface area contributed by atoms with Crippen LogP contribution >= 0.6 is 15.9 Å². The molecule has 0 bridgehead atoms. The van der Waals surface area contributed by atoms with Gasteiger partial charge in [0.2, 0.25) is 5.78 Å². The van der Waals surface area contributed by atoms with Crippen molar-refractivity contribution >= 4 is 39.0 Å². The predicted molar refractivity (Wildman–Crippen MR) is 123 cm³/mol. The Kier molecular flexibility index (Phi) is 6.17. The van der Waals surface area contributed by atoms with Gasteiger partial charge in [-0.05, 0) is 36.8 Å². The van der Waals surface area contributed by atoms with E-state index in [0.717, 1.165) is 23.0 Å². The fraction of sp³-hybridized carbons (Fsp3) is 0.292. The number of rotatable bonds is 6. The molecular weight excluding hydrogens is 472 g/mol. The number of halogens is 1. The molecule has 32 heavy (non-hydrogen) atoms. The molecule has 8 heteroatoms. The number of amides is 1. The number of benzene rings is 1. The van der Waals surface area contributed by atoms with Crippen LogP contribution in [-0.2, 0) is 9.59 Å². The first-order valence-electron chi connectivity index (χ1n) is 10.5. The van der Waals surface area contributed by atoms with Gasteiger partial charge in [-0.2, -0.15) is 0 Å². The summed E-state index contributed by atoms with van der Waals surface area (Å²) in [6.07, 6.45) is 2.47. The van der Waals surface area contributed by atoms with E-state index >= 15 is 0 Å². The minimum atomic E-state index is -0.731. The molecule has 166 valence electrons. The van der Waals surface area contributed by atoms with E-state index in [1.54, 1.807) is 34.6 Å². The molecule has 1 saturated heterocycles. The van der Waals surface area contributed by atoms with Crippen LogP contribution in [0.4, 0.5) is 0 Å². The molecule has 7 nitrogen and oxygen atoms in total. The van der Waals surface area contributed by atoms with Crippen molar-refractivity contribution in [2.75, 3.05) is 27.2 Å². The number of ketones is 1. The number of likely N-dealkylation sites (tertiary alicyclic amines) is 1. The molecule has 1 atom stereocenters. The third-order valence-corrected chi connectivity index (χ3v) is 6.24. The Morgan fingerprint density at radius 2 is 1.88 bits per heavy atom. The lowest BCUT2D eigenvalue weighted by atomic mass is 9.96. The molecular formula is C24H25BrN4O3. The van der Waals surface area contributed by atoms with E-state index in [9.17, 15) is 14.7 Å². The number of aromatic nitrogens is 2. The Hall–Kier alpha value is -2.97. The monoisotopic (exact) mass is 496 g/mol. The summed E-state index contributed by atoms with van der Waals surface area (Å²) in [6, 6.07) is 12.1. The summed E-state index contributed by atoms with van der Waals surface area (Å²) < 4.78 is 2.56. The first-order valence-corrected chi connectivity index (χ1v) is 11.3. The van der Waals surface area contributed by atoms with Crippen molar-refractivity contribution in [3.8, 4) is 0 Å². The number of nitrogens with zero attached hydrogens (tertiary/aromatic N) is 3. The van der Waals surface area contributed by atoms with Crippen LogP contribution in [0.3, 0.4) is 0 Å². The maximum absolute atomic E-state index is 13.8. The van der Waals surface area contributed by atoms with Gasteiger partial charge in [0.05, 0.1) is 38.1 Å². The molecule has 1 aromatic carbocycles. The number of carbonyl (C=O) groups excluding carboxylic acids is 2. The Labute approximate surface area is 195 Å². The molecule has 2 aromatic heterocycles. The van der Waals surface area contributed by atoms with Gasteiger partial charge < -0.3 is 19.3 Å². The standard InChI is InChI=1S/C24H25BrN4O3/c1-15-20(28-13-5-4-7-18(28)26-15)22(30)19-21(16-8-10-17(25)11-9-16)29(24(32)23(19)31)14-6-12-27(2)3/h4-5,7-11,13,21,30H,6,12,14H2,1-3H3. The number of imidazole rings is 1. The highest BCUT2D eigenvalue weighted by molar-refractivity contribution is 9.10. The highest BCUT2D eigenvalue weighted by atomic mass is 79.9. The van der Waals surface area contributed by atoms with Gasteiger partial charge in [-0.15, -0.1) is 0 Å². The molecule has 1 amide bonds. The van der Waals surface area contributed by atoms with Crippen LogP contribution < -0.4 is 10.0 Å². The van der Waals surface area contributed by atoms with E-state index < -0.39 is 23.5 Å². The van der Waals surface area contributed by atoms with E-state index in [1.165, 1.54) is 4.90 Å². The molecule has 1 aliphatic heterocycles. The van der Waals surface area contributed by atoms with Crippen molar-refractivity contribution in [3.05, 3.63) is 75.7 Å². The SMILES string of the molecule is Cc1nc2ccccn2c1C([O-])=C1C(=O)C(=O)N(CCC[NH+](C)C)C1c1ccc(Br)cc1. The van der Waals surface area contributed by atoms with Gasteiger partial charge in [0.1, 0.15) is 5.65 Å². The van der Waals surface area contributed by atoms with Crippen LogP contribution in [0.1, 0.15) is 29.4 Å². The van der Waals surface area contributed by atoms with E-state index in [4.69, 9.17) is 0 Å². The normalized spacial score (nSPS) is 18.3. The van der Waals surface area contributed by atoms with Gasteiger partial charge >= 0.3 is 0 Å². The summed E-state index contributed by atoms with van der Waals surface area (Å²) in [6.45, 7) is 2.99. The first kappa shape index (κ1) is 22.2. The lowest BCUT2D eigenvalue weighted by Crippen LogP contribution is -3.05. The minimum absolute atomic E-state index is 0.0109. The molecule has 1 unspecified atom stereocenters. The molecule has 3 heterocycles. The minimum Gasteiger partial charge on any atom is -0.871 e. The van der Waals surface area contributed by atoms with Crippen molar-refractivity contribution < 1.29 is 19.6 Å². The molecule has 0 spiro atoms. The Morgan fingerprint density at radius 3 is 2.56 bits per heavy atom. The molecule has 3 aromatic rings. The fourth-order valence-corrected chi connectivity index (χ4v) is 4.47. The molecule has 4 rings (SSSR count). The number of aryl methyl sites for hydroxylation is 1. The van der Waals surface area contributed by atoms with E-state index in [-0.39, 0.29) is 5.57 Å². The van der Waals surface area contributed by atoms with Crippen molar-refractivity contribution in [2.24, 2.45) is 0 Å². The summed E-state index contributed by atoms with van der Waals surface area (Å²) in [5.74, 6) is -1.81. The third-order valence-electron chi connectivity index (χ3n) is 5.71. The van der Waals surface area contributed by atoms with Crippen LogP contribution in [-0.4, -0.2) is 53.2 Å². The fourth-order valence-electron chi connectivity index (χ4n) is 4.21. The number of carbonyl (C=O) groups is 2. The van der Waals surface area contributed by atoms with Gasteiger partial charge in [0, 0.05) is 29.2 Å². The van der Waals surface area contributed by atoms with Crippen LogP contribution in [0.15, 0.2) is 58.7 Å². The number of quaternary nitrogens is 1. The Bertz CT molecular complexity index is 1210. The predicted octanol–water partition coefficient (Wildman–Crippen LogP) is 1.16. The average Bonchev–Trinajstić information content (AvgIpc) is 3.22. The van der Waals surface area contributed by atoms with E-state index in [1.807, 2.05) is 44.4 Å². The second-order valence-corrected chi connectivity index (χ2v) is 9.23. The summed E-state index contributed by atoms with van der Waals surface area (Å²) in [5.41, 5.74) is 2.19. The van der Waals surface area contributed by atoms with Gasteiger partial charge in [0.15, 0.2) is 0 Å². The topological polar surface area (TPSA) is 82.2 Å². The van der Waals surface area contributed by atoms with E-state index in [2.05, 4.69) is 20.9 Å². The molecule has 1 fully saturated rings. The van der Waals surface area contributed by atoms with Crippen LogP contribution in [0.5, 0.6) is 0 Å². The van der Waals surface area contributed by atoms with Crippen LogP contribution in [0, 0.1) is 6.92 Å². The highest BCUT2D eigenvalue weighted by Gasteiger charge is 2.44. The zero-order valence-electron chi connectivity index (χ0n) is 18.3. The molecule has 0 radical (unpaired) electrons. The number of hydrogen-bond donors (Lipinski definition) is 1. The zero-order chi connectivity index (χ0) is 23.0. The maximum atomic E-state index is 13.8. The van der Waals surface area contributed by atoms with Crippen molar-refractivity contribution in [2.45, 2.75) is 19.4 Å². The summed E-state index contributed by atoms with van der Waals surface area (Å²) >= 11 is 3.43. The van der Waals surface area contributed by atoms with Gasteiger partial charge in [0.25, 0.3) is 5.91 Å². The van der Waals surface area contributed by atoms with Gasteiger partial charge in [-0.25, -0.2) is 4.98 Å². The quantitative estimate of drug-likeness (QED) is 0.315.